The van der Waals surface area contributed by atoms with Crippen LogP contribution in [0.2, 0.25) is 0 Å². The van der Waals surface area contributed by atoms with Crippen molar-refractivity contribution in [3.8, 4) is 0 Å². The highest BCUT2D eigenvalue weighted by Gasteiger charge is 2.73. The van der Waals surface area contributed by atoms with E-state index in [1.165, 1.54) is 12.2 Å². The fourth-order valence-corrected chi connectivity index (χ4v) is 8.19. The maximum Gasteiger partial charge on any atom is 0.306 e. The minimum atomic E-state index is -1.57. The molecule has 1 unspecified atom stereocenters. The van der Waals surface area contributed by atoms with Crippen molar-refractivity contribution in [2.24, 2.45) is 34.5 Å². The maximum atomic E-state index is 15.6. The van der Waals surface area contributed by atoms with Gasteiger partial charge in [-0.2, -0.15) is 0 Å². The first-order chi connectivity index (χ1) is 16.0. The van der Waals surface area contributed by atoms with Crippen molar-refractivity contribution in [1.29, 1.82) is 0 Å². The van der Waals surface area contributed by atoms with Crippen LogP contribution in [0.5, 0.6) is 0 Å². The van der Waals surface area contributed by atoms with Crippen molar-refractivity contribution in [3.05, 3.63) is 23.8 Å². The number of hydrogen-bond donors (Lipinski definition) is 2. The van der Waals surface area contributed by atoms with Crippen LogP contribution < -0.4 is 0 Å². The fourth-order valence-electron chi connectivity index (χ4n) is 8.19. The molecule has 4 aliphatic rings. The molecule has 4 rings (SSSR count). The quantitative estimate of drug-likeness (QED) is 0.569. The first-order valence-corrected chi connectivity index (χ1v) is 12.6. The van der Waals surface area contributed by atoms with E-state index < -0.39 is 47.1 Å². The number of ketones is 2. The largest absolute Gasteiger partial charge is 0.450 e. The zero-order chi connectivity index (χ0) is 25.1. The Morgan fingerprint density at radius 1 is 1.26 bits per heavy atom. The number of aliphatic hydroxyl groups excluding tert-OH is 2. The number of carbonyl (C=O) groups excluding carboxylic acids is 3. The molecule has 6 nitrogen and oxygen atoms in total. The number of alkyl halides is 1. The van der Waals surface area contributed by atoms with E-state index in [0.717, 1.165) is 6.42 Å². The van der Waals surface area contributed by atoms with Gasteiger partial charge in [-0.15, -0.1) is 0 Å². The fraction of sp³-hybridized carbons (Fsp3) is 0.741. The highest BCUT2D eigenvalue weighted by molar-refractivity contribution is 6.01. The molecule has 0 spiro atoms. The summed E-state index contributed by atoms with van der Waals surface area (Å²) in [5.74, 6) is -2.44. The first-order valence-electron chi connectivity index (χ1n) is 12.6. The van der Waals surface area contributed by atoms with Gasteiger partial charge in [-0.25, -0.2) is 4.39 Å². The van der Waals surface area contributed by atoms with Gasteiger partial charge in [0.25, 0.3) is 0 Å². The minimum absolute atomic E-state index is 0.143. The standard InChI is InChI=1S/C27H37FO6/c1-5-6-7-23(33)34-27(22(32)14-29)15(2)10-18-17-12-20(28)19-11-16(30)8-9-25(19,3)24(17)21(31)13-26(18,27)4/h8-9,11,15,17-18,20-21,24,29,31H,5-7,10,12-14H2,1-4H3/t15-,17+,18+,20+,21?,24-,25+,26+,27+/m1/s1. The molecule has 9 atom stereocenters. The second-order valence-corrected chi connectivity index (χ2v) is 11.3. The Labute approximate surface area is 200 Å². The van der Waals surface area contributed by atoms with Gasteiger partial charge in [-0.05, 0) is 55.2 Å². The van der Waals surface area contributed by atoms with Crippen LogP contribution in [0.25, 0.3) is 0 Å². The van der Waals surface area contributed by atoms with Crippen LogP contribution in [0.3, 0.4) is 0 Å². The summed E-state index contributed by atoms with van der Waals surface area (Å²) in [4.78, 5) is 38.1. The molecule has 0 bridgehead atoms. The Morgan fingerprint density at radius 3 is 2.62 bits per heavy atom. The summed E-state index contributed by atoms with van der Waals surface area (Å²) >= 11 is 0. The topological polar surface area (TPSA) is 101 Å². The lowest BCUT2D eigenvalue weighted by Gasteiger charge is -2.60. The molecule has 0 amide bonds. The molecule has 0 saturated heterocycles. The maximum absolute atomic E-state index is 15.6. The van der Waals surface area contributed by atoms with Crippen LogP contribution in [0.4, 0.5) is 4.39 Å². The number of unbranched alkanes of at least 4 members (excludes halogenated alkanes) is 1. The third-order valence-electron chi connectivity index (χ3n) is 9.58. The second-order valence-electron chi connectivity index (χ2n) is 11.3. The Bertz CT molecular complexity index is 941. The van der Waals surface area contributed by atoms with Gasteiger partial charge in [0.2, 0.25) is 5.78 Å². The van der Waals surface area contributed by atoms with Crippen LogP contribution in [0, 0.1) is 34.5 Å². The molecule has 0 aromatic heterocycles. The molecular formula is C27H37FO6. The van der Waals surface area contributed by atoms with Gasteiger partial charge >= 0.3 is 5.97 Å². The van der Waals surface area contributed by atoms with E-state index >= 15 is 4.39 Å². The SMILES string of the molecule is CCCCC(=O)O[C@]1(C(=O)CO)[C@H](C)C[C@H]2[C@@H]3C[C@H](F)C4=CC(=O)C=C[C@]4(C)[C@H]3C(O)C[C@@]21C. The van der Waals surface area contributed by atoms with Crippen molar-refractivity contribution >= 4 is 17.5 Å². The van der Waals surface area contributed by atoms with Crippen molar-refractivity contribution in [2.45, 2.75) is 84.1 Å². The van der Waals surface area contributed by atoms with Gasteiger partial charge in [0.05, 0.1) is 6.10 Å². The highest BCUT2D eigenvalue weighted by Crippen LogP contribution is 2.69. The number of esters is 1. The number of carbonyl (C=O) groups is 3. The molecule has 0 aromatic rings. The van der Waals surface area contributed by atoms with E-state index in [2.05, 4.69) is 0 Å². The summed E-state index contributed by atoms with van der Waals surface area (Å²) in [5.41, 5.74) is -2.90. The number of halogens is 1. The van der Waals surface area contributed by atoms with Gasteiger partial charge in [0.1, 0.15) is 12.8 Å². The van der Waals surface area contributed by atoms with Gasteiger partial charge < -0.3 is 14.9 Å². The molecule has 2 N–H and O–H groups in total. The van der Waals surface area contributed by atoms with E-state index in [-0.39, 0.29) is 48.7 Å². The Morgan fingerprint density at radius 2 is 1.97 bits per heavy atom. The molecule has 4 aliphatic carbocycles. The summed E-state index contributed by atoms with van der Waals surface area (Å²) in [5, 5.41) is 21.5. The number of fused-ring (bicyclic) bond motifs is 5. The Kier molecular flexibility index (Phi) is 6.43. The number of allylic oxidation sites excluding steroid dienone is 4. The van der Waals surface area contributed by atoms with Gasteiger partial charge in [-0.1, -0.05) is 40.2 Å². The highest BCUT2D eigenvalue weighted by atomic mass is 19.1. The van der Waals surface area contributed by atoms with Crippen LogP contribution >= 0.6 is 0 Å². The summed E-state index contributed by atoms with van der Waals surface area (Å²) in [6.45, 7) is 6.80. The number of aliphatic hydroxyl groups is 2. The van der Waals surface area contributed by atoms with Crippen molar-refractivity contribution in [2.75, 3.05) is 6.61 Å². The number of ether oxygens (including phenoxy) is 1. The van der Waals surface area contributed by atoms with Crippen LogP contribution in [-0.2, 0) is 19.1 Å². The average Bonchev–Trinajstić information content (AvgIpc) is 3.00. The van der Waals surface area contributed by atoms with Gasteiger partial charge in [0, 0.05) is 29.1 Å². The van der Waals surface area contributed by atoms with Crippen LogP contribution in [0.1, 0.15) is 66.2 Å². The number of hydrogen-bond acceptors (Lipinski definition) is 6. The molecular weight excluding hydrogens is 439 g/mol. The number of rotatable bonds is 6. The van der Waals surface area contributed by atoms with Crippen molar-refractivity contribution in [1.82, 2.24) is 0 Å². The van der Waals surface area contributed by atoms with E-state index in [0.29, 0.717) is 18.4 Å². The number of Topliss-reactive ketones (excluding diaryl/α,β-unsaturated/α-hetero) is 1. The average molecular weight is 477 g/mol. The normalized spacial score (nSPS) is 45.1. The lowest BCUT2D eigenvalue weighted by molar-refractivity contribution is -0.206. The zero-order valence-electron chi connectivity index (χ0n) is 20.6. The van der Waals surface area contributed by atoms with Crippen molar-refractivity contribution < 1.29 is 33.7 Å². The van der Waals surface area contributed by atoms with E-state index in [4.69, 9.17) is 4.74 Å². The van der Waals surface area contributed by atoms with Gasteiger partial charge in [-0.3, -0.25) is 14.4 Å². The van der Waals surface area contributed by atoms with E-state index in [9.17, 15) is 24.6 Å². The molecule has 188 valence electrons. The van der Waals surface area contributed by atoms with Crippen LogP contribution in [0.15, 0.2) is 23.8 Å². The molecule has 3 saturated carbocycles. The Balaban J connectivity index is 1.78. The molecule has 0 radical (unpaired) electrons. The predicted octanol–water partition coefficient (Wildman–Crippen LogP) is 3.49. The van der Waals surface area contributed by atoms with Gasteiger partial charge in [0.15, 0.2) is 11.4 Å². The molecule has 0 aromatic carbocycles. The predicted molar refractivity (Wildman–Crippen MR) is 123 cm³/mol. The Hall–Kier alpha value is -1.86. The lowest BCUT2D eigenvalue weighted by Crippen LogP contribution is -2.64. The second kappa shape index (κ2) is 8.66. The van der Waals surface area contributed by atoms with E-state index in [1.54, 1.807) is 6.08 Å². The van der Waals surface area contributed by atoms with Crippen molar-refractivity contribution in [3.63, 3.8) is 0 Å². The third kappa shape index (κ3) is 3.37. The third-order valence-corrected chi connectivity index (χ3v) is 9.58. The minimum Gasteiger partial charge on any atom is -0.450 e. The lowest BCUT2D eigenvalue weighted by atomic mass is 9.46. The molecule has 7 heteroatoms. The molecule has 3 fully saturated rings. The summed E-state index contributed by atoms with van der Waals surface area (Å²) < 4.78 is 21.6. The summed E-state index contributed by atoms with van der Waals surface area (Å²) in [6, 6.07) is 0. The van der Waals surface area contributed by atoms with E-state index in [1.807, 2.05) is 27.7 Å². The molecule has 0 aliphatic heterocycles. The molecule has 34 heavy (non-hydrogen) atoms. The summed E-state index contributed by atoms with van der Waals surface area (Å²) in [6.07, 6.45) is 4.80. The zero-order valence-corrected chi connectivity index (χ0v) is 20.6. The molecule has 0 heterocycles. The smallest absolute Gasteiger partial charge is 0.306 e. The monoisotopic (exact) mass is 476 g/mol. The first kappa shape index (κ1) is 25.2. The van der Waals surface area contributed by atoms with Crippen LogP contribution in [-0.4, -0.2) is 52.2 Å². The summed E-state index contributed by atoms with van der Waals surface area (Å²) in [7, 11) is 0.